The first kappa shape index (κ1) is 20.3. The van der Waals surface area contributed by atoms with Gasteiger partial charge in [-0.1, -0.05) is 35.5 Å². The summed E-state index contributed by atoms with van der Waals surface area (Å²) in [6, 6.07) is 10.1. The first-order valence-electron chi connectivity index (χ1n) is 9.30. The molecule has 2 heterocycles. The molecule has 3 rings (SSSR count). The molecular formula is C21H24N4O4. The van der Waals surface area contributed by atoms with E-state index in [-0.39, 0.29) is 18.1 Å². The Bertz CT molecular complexity index is 1000. The van der Waals surface area contributed by atoms with Crippen LogP contribution in [0.1, 0.15) is 44.3 Å². The van der Waals surface area contributed by atoms with Gasteiger partial charge in [-0.2, -0.15) is 5.10 Å². The SMILES string of the molecule is Cc1nn(Cc2ccccc2)c(C)c1CNC(=O)COC(=O)c1c(C)noc1C. The minimum Gasteiger partial charge on any atom is -0.452 e. The number of amides is 1. The van der Waals surface area contributed by atoms with Crippen LogP contribution in [0.15, 0.2) is 34.9 Å². The molecule has 0 saturated carbocycles. The highest BCUT2D eigenvalue weighted by Gasteiger charge is 2.20. The van der Waals surface area contributed by atoms with Gasteiger partial charge in [0.15, 0.2) is 6.61 Å². The lowest BCUT2D eigenvalue weighted by Crippen LogP contribution is -2.29. The second kappa shape index (κ2) is 8.72. The van der Waals surface area contributed by atoms with Crippen molar-refractivity contribution in [3.8, 4) is 0 Å². The van der Waals surface area contributed by atoms with Crippen LogP contribution >= 0.6 is 0 Å². The average molecular weight is 396 g/mol. The van der Waals surface area contributed by atoms with E-state index in [0.29, 0.717) is 24.5 Å². The number of nitrogens with one attached hydrogen (secondary N) is 1. The zero-order valence-corrected chi connectivity index (χ0v) is 17.0. The van der Waals surface area contributed by atoms with Crippen LogP contribution in [0.4, 0.5) is 0 Å². The molecule has 0 radical (unpaired) electrons. The number of hydrogen-bond donors (Lipinski definition) is 1. The molecule has 0 spiro atoms. The molecule has 1 amide bonds. The van der Waals surface area contributed by atoms with Crippen molar-refractivity contribution in [2.45, 2.75) is 40.8 Å². The summed E-state index contributed by atoms with van der Waals surface area (Å²) in [5.41, 5.74) is 4.63. The highest BCUT2D eigenvalue weighted by molar-refractivity contribution is 5.93. The summed E-state index contributed by atoms with van der Waals surface area (Å²) in [6.07, 6.45) is 0. The number of aryl methyl sites for hydroxylation is 3. The monoisotopic (exact) mass is 396 g/mol. The Labute approximate surface area is 168 Å². The quantitative estimate of drug-likeness (QED) is 0.617. The smallest absolute Gasteiger partial charge is 0.344 e. The van der Waals surface area contributed by atoms with E-state index in [0.717, 1.165) is 22.5 Å². The molecule has 2 aromatic heterocycles. The minimum atomic E-state index is -0.626. The molecule has 0 fully saturated rings. The topological polar surface area (TPSA) is 99.2 Å². The predicted molar refractivity (Wildman–Crippen MR) is 105 cm³/mol. The number of carbonyl (C=O) groups excluding carboxylic acids is 2. The Morgan fingerprint density at radius 2 is 1.83 bits per heavy atom. The largest absolute Gasteiger partial charge is 0.452 e. The molecule has 0 saturated heterocycles. The number of rotatable bonds is 7. The van der Waals surface area contributed by atoms with Crippen molar-refractivity contribution in [1.82, 2.24) is 20.3 Å². The summed E-state index contributed by atoms with van der Waals surface area (Å²) in [5, 5.41) is 11.1. The minimum absolute atomic E-state index is 0.256. The summed E-state index contributed by atoms with van der Waals surface area (Å²) in [6.45, 7) is 7.75. The fraction of sp³-hybridized carbons (Fsp3) is 0.333. The van der Waals surface area contributed by atoms with E-state index >= 15 is 0 Å². The van der Waals surface area contributed by atoms with Gasteiger partial charge in [0.25, 0.3) is 5.91 Å². The molecule has 0 atom stereocenters. The molecular weight excluding hydrogens is 372 g/mol. The highest BCUT2D eigenvalue weighted by Crippen LogP contribution is 2.15. The molecule has 1 aromatic carbocycles. The Hall–Kier alpha value is -3.42. The van der Waals surface area contributed by atoms with Gasteiger partial charge < -0.3 is 14.6 Å². The molecule has 29 heavy (non-hydrogen) atoms. The first-order valence-corrected chi connectivity index (χ1v) is 9.30. The highest BCUT2D eigenvalue weighted by atomic mass is 16.5. The van der Waals surface area contributed by atoms with E-state index in [1.165, 1.54) is 0 Å². The molecule has 3 aromatic rings. The number of benzene rings is 1. The molecule has 152 valence electrons. The molecule has 0 aliphatic rings. The van der Waals surface area contributed by atoms with Gasteiger partial charge in [0.2, 0.25) is 0 Å². The number of hydrogen-bond acceptors (Lipinski definition) is 6. The summed E-state index contributed by atoms with van der Waals surface area (Å²) < 4.78 is 11.9. The Morgan fingerprint density at radius 3 is 2.48 bits per heavy atom. The van der Waals surface area contributed by atoms with Crippen LogP contribution in [0.5, 0.6) is 0 Å². The Kier molecular flexibility index (Phi) is 6.11. The second-order valence-electron chi connectivity index (χ2n) is 6.84. The van der Waals surface area contributed by atoms with Crippen molar-refractivity contribution in [3.63, 3.8) is 0 Å². The number of aromatic nitrogens is 3. The van der Waals surface area contributed by atoms with E-state index in [2.05, 4.69) is 15.6 Å². The Balaban J connectivity index is 1.56. The fourth-order valence-electron chi connectivity index (χ4n) is 3.12. The molecule has 0 unspecified atom stereocenters. The van der Waals surface area contributed by atoms with Crippen LogP contribution in [0.3, 0.4) is 0 Å². The predicted octanol–water partition coefficient (Wildman–Crippen LogP) is 2.63. The standard InChI is InChI=1S/C21H24N4O4/c1-13-18(15(3)25(23-13)11-17-8-6-5-7-9-17)10-22-19(26)12-28-21(27)20-14(2)24-29-16(20)4/h5-9H,10-12H2,1-4H3,(H,22,26). The van der Waals surface area contributed by atoms with E-state index in [1.807, 2.05) is 48.9 Å². The van der Waals surface area contributed by atoms with Crippen molar-refractivity contribution in [2.24, 2.45) is 0 Å². The fourth-order valence-corrected chi connectivity index (χ4v) is 3.12. The van der Waals surface area contributed by atoms with E-state index in [1.54, 1.807) is 13.8 Å². The number of ether oxygens (including phenoxy) is 1. The van der Waals surface area contributed by atoms with E-state index in [9.17, 15) is 9.59 Å². The summed E-state index contributed by atoms with van der Waals surface area (Å²) in [4.78, 5) is 24.2. The normalized spacial score (nSPS) is 10.8. The summed E-state index contributed by atoms with van der Waals surface area (Å²) >= 11 is 0. The molecule has 1 N–H and O–H groups in total. The van der Waals surface area contributed by atoms with Gasteiger partial charge in [0.05, 0.1) is 17.9 Å². The van der Waals surface area contributed by atoms with Gasteiger partial charge in [0.1, 0.15) is 11.3 Å². The van der Waals surface area contributed by atoms with Crippen molar-refractivity contribution < 1.29 is 18.8 Å². The number of esters is 1. The molecule has 0 aliphatic heterocycles. The van der Waals surface area contributed by atoms with Gasteiger partial charge in [-0.3, -0.25) is 9.48 Å². The average Bonchev–Trinajstić information content (AvgIpc) is 3.17. The second-order valence-corrected chi connectivity index (χ2v) is 6.84. The zero-order valence-electron chi connectivity index (χ0n) is 17.0. The van der Waals surface area contributed by atoms with Crippen molar-refractivity contribution in [1.29, 1.82) is 0 Å². The summed E-state index contributed by atoms with van der Waals surface area (Å²) in [7, 11) is 0. The van der Waals surface area contributed by atoms with Crippen LogP contribution in [0.2, 0.25) is 0 Å². The lowest BCUT2D eigenvalue weighted by Gasteiger charge is -2.08. The molecule has 0 bridgehead atoms. The van der Waals surface area contributed by atoms with Crippen LogP contribution < -0.4 is 5.32 Å². The maximum Gasteiger partial charge on any atom is 0.344 e. The van der Waals surface area contributed by atoms with Crippen LogP contribution in [0.25, 0.3) is 0 Å². The number of nitrogens with zero attached hydrogens (tertiary/aromatic N) is 3. The maximum absolute atomic E-state index is 12.1. The van der Waals surface area contributed by atoms with Crippen molar-refractivity contribution in [2.75, 3.05) is 6.61 Å². The van der Waals surface area contributed by atoms with Gasteiger partial charge in [-0.05, 0) is 33.3 Å². The third-order valence-corrected chi connectivity index (χ3v) is 4.74. The maximum atomic E-state index is 12.1. The van der Waals surface area contributed by atoms with Crippen molar-refractivity contribution >= 4 is 11.9 Å². The van der Waals surface area contributed by atoms with Crippen molar-refractivity contribution in [3.05, 3.63) is 69.9 Å². The third kappa shape index (κ3) is 4.71. The summed E-state index contributed by atoms with van der Waals surface area (Å²) in [5.74, 6) is -0.649. The van der Waals surface area contributed by atoms with Crippen LogP contribution in [-0.4, -0.2) is 33.4 Å². The molecule has 0 aliphatic carbocycles. The molecule has 8 heteroatoms. The van der Waals surface area contributed by atoms with Gasteiger partial charge in [0, 0.05) is 17.8 Å². The van der Waals surface area contributed by atoms with Gasteiger partial charge in [-0.15, -0.1) is 0 Å². The Morgan fingerprint density at radius 1 is 1.10 bits per heavy atom. The molecule has 8 nitrogen and oxygen atoms in total. The zero-order chi connectivity index (χ0) is 21.0. The lowest BCUT2D eigenvalue weighted by molar-refractivity contribution is -0.124. The van der Waals surface area contributed by atoms with Gasteiger partial charge in [-0.25, -0.2) is 4.79 Å². The third-order valence-electron chi connectivity index (χ3n) is 4.74. The van der Waals surface area contributed by atoms with E-state index in [4.69, 9.17) is 9.26 Å². The van der Waals surface area contributed by atoms with Crippen LogP contribution in [0, 0.1) is 27.7 Å². The van der Waals surface area contributed by atoms with Crippen LogP contribution in [-0.2, 0) is 22.6 Å². The lowest BCUT2D eigenvalue weighted by atomic mass is 10.2. The van der Waals surface area contributed by atoms with E-state index < -0.39 is 5.97 Å². The van der Waals surface area contributed by atoms with Gasteiger partial charge >= 0.3 is 5.97 Å². The number of carbonyl (C=O) groups is 2. The first-order chi connectivity index (χ1) is 13.9.